The molecule has 1 fully saturated rings. The summed E-state index contributed by atoms with van der Waals surface area (Å²) >= 11 is 0. The highest BCUT2D eigenvalue weighted by atomic mass is 16.7. The summed E-state index contributed by atoms with van der Waals surface area (Å²) in [6, 6.07) is 7.87. The van der Waals surface area contributed by atoms with Gasteiger partial charge in [-0.25, -0.2) is 0 Å². The SMILES string of the molecule is CC1(C)OCC(CCCOc2ccc(CCO)cc2)O1. The third-order valence-electron chi connectivity index (χ3n) is 3.33. The molecule has 4 nitrogen and oxygen atoms in total. The standard InChI is InChI=1S/C16H24O4/c1-16(2)19-12-15(20-16)4-3-11-18-14-7-5-13(6-8-14)9-10-17/h5-8,15,17H,3-4,9-12H2,1-2H3. The molecule has 0 aliphatic carbocycles. The molecule has 0 saturated carbocycles. The molecule has 1 heterocycles. The van der Waals surface area contributed by atoms with Crippen LogP contribution in [0, 0.1) is 0 Å². The van der Waals surface area contributed by atoms with E-state index in [0.29, 0.717) is 19.6 Å². The molecule has 1 unspecified atom stereocenters. The maximum Gasteiger partial charge on any atom is 0.163 e. The predicted molar refractivity (Wildman–Crippen MR) is 76.9 cm³/mol. The summed E-state index contributed by atoms with van der Waals surface area (Å²) in [4.78, 5) is 0. The van der Waals surface area contributed by atoms with Gasteiger partial charge in [-0.2, -0.15) is 0 Å². The molecule has 1 aliphatic heterocycles. The van der Waals surface area contributed by atoms with Crippen LogP contribution in [-0.4, -0.2) is 36.8 Å². The average Bonchev–Trinajstić information content (AvgIpc) is 2.76. The van der Waals surface area contributed by atoms with Crippen molar-refractivity contribution in [3.8, 4) is 5.75 Å². The van der Waals surface area contributed by atoms with Crippen molar-refractivity contribution in [3.05, 3.63) is 29.8 Å². The summed E-state index contributed by atoms with van der Waals surface area (Å²) in [5.74, 6) is 0.434. The van der Waals surface area contributed by atoms with Crippen molar-refractivity contribution < 1.29 is 19.3 Å². The van der Waals surface area contributed by atoms with E-state index >= 15 is 0 Å². The van der Waals surface area contributed by atoms with Crippen LogP contribution in [0.25, 0.3) is 0 Å². The molecule has 0 radical (unpaired) electrons. The Balaban J connectivity index is 1.63. The van der Waals surface area contributed by atoms with Crippen molar-refractivity contribution in [1.82, 2.24) is 0 Å². The van der Waals surface area contributed by atoms with E-state index in [1.54, 1.807) is 0 Å². The fourth-order valence-electron chi connectivity index (χ4n) is 2.29. The first-order valence-corrected chi connectivity index (χ1v) is 7.23. The lowest BCUT2D eigenvalue weighted by molar-refractivity contribution is -0.139. The zero-order chi connectivity index (χ0) is 14.4. The monoisotopic (exact) mass is 280 g/mol. The Kier molecular flexibility index (Phi) is 5.40. The second-order valence-electron chi connectivity index (χ2n) is 5.56. The first-order valence-electron chi connectivity index (χ1n) is 7.23. The summed E-state index contributed by atoms with van der Waals surface area (Å²) in [6.07, 6.45) is 2.77. The predicted octanol–water partition coefficient (Wildman–Crippen LogP) is 2.53. The van der Waals surface area contributed by atoms with E-state index < -0.39 is 5.79 Å². The minimum Gasteiger partial charge on any atom is -0.494 e. The zero-order valence-corrected chi connectivity index (χ0v) is 12.3. The number of hydrogen-bond donors (Lipinski definition) is 1. The minimum absolute atomic E-state index is 0.181. The highest BCUT2D eigenvalue weighted by Gasteiger charge is 2.31. The molecule has 0 bridgehead atoms. The summed E-state index contributed by atoms with van der Waals surface area (Å²) in [7, 11) is 0. The summed E-state index contributed by atoms with van der Waals surface area (Å²) < 4.78 is 17.0. The quantitative estimate of drug-likeness (QED) is 0.780. The van der Waals surface area contributed by atoms with Gasteiger partial charge in [-0.3, -0.25) is 0 Å². The van der Waals surface area contributed by atoms with Crippen molar-refractivity contribution >= 4 is 0 Å². The second-order valence-corrected chi connectivity index (χ2v) is 5.56. The van der Waals surface area contributed by atoms with Gasteiger partial charge in [0.05, 0.1) is 19.3 Å². The van der Waals surface area contributed by atoms with E-state index in [1.807, 2.05) is 38.1 Å². The van der Waals surface area contributed by atoms with Gasteiger partial charge >= 0.3 is 0 Å². The molecule has 1 saturated heterocycles. The lowest BCUT2D eigenvalue weighted by Gasteiger charge is -2.17. The van der Waals surface area contributed by atoms with Gasteiger partial charge in [-0.05, 0) is 50.8 Å². The van der Waals surface area contributed by atoms with Gasteiger partial charge in [0.2, 0.25) is 0 Å². The number of ether oxygens (including phenoxy) is 3. The van der Waals surface area contributed by atoms with Crippen LogP contribution in [0.4, 0.5) is 0 Å². The maximum absolute atomic E-state index is 8.85. The van der Waals surface area contributed by atoms with Gasteiger partial charge < -0.3 is 19.3 Å². The number of rotatable bonds is 7. The molecule has 0 amide bonds. The summed E-state index contributed by atoms with van der Waals surface area (Å²) in [5.41, 5.74) is 1.12. The molecule has 2 rings (SSSR count). The molecular formula is C16H24O4. The highest BCUT2D eigenvalue weighted by molar-refractivity contribution is 5.27. The van der Waals surface area contributed by atoms with E-state index in [9.17, 15) is 0 Å². The molecule has 0 aromatic heterocycles. The first-order chi connectivity index (χ1) is 9.59. The first kappa shape index (κ1) is 15.3. The molecule has 1 atom stereocenters. The van der Waals surface area contributed by atoms with Crippen LogP contribution in [0.15, 0.2) is 24.3 Å². The molecule has 20 heavy (non-hydrogen) atoms. The molecular weight excluding hydrogens is 256 g/mol. The molecule has 0 spiro atoms. The van der Waals surface area contributed by atoms with Crippen LogP contribution in [0.5, 0.6) is 5.75 Å². The Morgan fingerprint density at radius 3 is 2.65 bits per heavy atom. The molecule has 1 aliphatic rings. The zero-order valence-electron chi connectivity index (χ0n) is 12.3. The van der Waals surface area contributed by atoms with Crippen molar-refractivity contribution in [2.45, 2.75) is 45.0 Å². The largest absolute Gasteiger partial charge is 0.494 e. The van der Waals surface area contributed by atoms with Crippen LogP contribution >= 0.6 is 0 Å². The van der Waals surface area contributed by atoms with Crippen molar-refractivity contribution in [2.24, 2.45) is 0 Å². The number of aliphatic hydroxyl groups is 1. The van der Waals surface area contributed by atoms with E-state index in [2.05, 4.69) is 0 Å². The van der Waals surface area contributed by atoms with Crippen molar-refractivity contribution in [1.29, 1.82) is 0 Å². The molecule has 1 aromatic carbocycles. The van der Waals surface area contributed by atoms with Crippen LogP contribution in [0.1, 0.15) is 32.3 Å². The van der Waals surface area contributed by atoms with Crippen LogP contribution in [0.3, 0.4) is 0 Å². The van der Waals surface area contributed by atoms with Gasteiger partial charge in [0.1, 0.15) is 5.75 Å². The maximum atomic E-state index is 8.85. The van der Waals surface area contributed by atoms with Gasteiger partial charge in [-0.1, -0.05) is 12.1 Å². The summed E-state index contributed by atoms with van der Waals surface area (Å²) in [5, 5.41) is 8.85. The molecule has 112 valence electrons. The Bertz CT molecular complexity index is 399. The molecule has 1 aromatic rings. The van der Waals surface area contributed by atoms with Crippen molar-refractivity contribution in [3.63, 3.8) is 0 Å². The Morgan fingerprint density at radius 1 is 1.30 bits per heavy atom. The van der Waals surface area contributed by atoms with E-state index in [4.69, 9.17) is 19.3 Å². The Labute approximate surface area is 120 Å². The van der Waals surface area contributed by atoms with E-state index in [-0.39, 0.29) is 12.7 Å². The lowest BCUT2D eigenvalue weighted by atomic mass is 10.1. The second kappa shape index (κ2) is 7.07. The molecule has 4 heteroatoms. The number of hydrogen-bond acceptors (Lipinski definition) is 4. The van der Waals surface area contributed by atoms with Crippen LogP contribution < -0.4 is 4.74 Å². The fourth-order valence-corrected chi connectivity index (χ4v) is 2.29. The van der Waals surface area contributed by atoms with E-state index in [1.165, 1.54) is 0 Å². The van der Waals surface area contributed by atoms with Crippen LogP contribution in [-0.2, 0) is 15.9 Å². The number of benzene rings is 1. The summed E-state index contributed by atoms with van der Waals surface area (Å²) in [6.45, 7) is 5.41. The van der Waals surface area contributed by atoms with Gasteiger partial charge in [0.25, 0.3) is 0 Å². The van der Waals surface area contributed by atoms with Gasteiger partial charge in [-0.15, -0.1) is 0 Å². The lowest BCUT2D eigenvalue weighted by Crippen LogP contribution is -2.21. The third kappa shape index (κ3) is 4.78. The smallest absolute Gasteiger partial charge is 0.163 e. The topological polar surface area (TPSA) is 47.9 Å². The van der Waals surface area contributed by atoms with Crippen LogP contribution in [0.2, 0.25) is 0 Å². The van der Waals surface area contributed by atoms with Crippen molar-refractivity contribution in [2.75, 3.05) is 19.8 Å². The normalized spacial score (nSPS) is 21.1. The van der Waals surface area contributed by atoms with E-state index in [0.717, 1.165) is 24.2 Å². The third-order valence-corrected chi connectivity index (χ3v) is 3.33. The highest BCUT2D eigenvalue weighted by Crippen LogP contribution is 2.24. The average molecular weight is 280 g/mol. The van der Waals surface area contributed by atoms with Gasteiger partial charge in [0.15, 0.2) is 5.79 Å². The van der Waals surface area contributed by atoms with Gasteiger partial charge in [0, 0.05) is 6.61 Å². The fraction of sp³-hybridized carbons (Fsp3) is 0.625. The Hall–Kier alpha value is -1.10. The minimum atomic E-state index is -0.436. The number of aliphatic hydroxyl groups excluding tert-OH is 1. The molecule has 1 N–H and O–H groups in total. The Morgan fingerprint density at radius 2 is 2.05 bits per heavy atom.